The molecule has 0 amide bonds. The van der Waals surface area contributed by atoms with Crippen molar-refractivity contribution >= 4 is 17.0 Å². The quantitative estimate of drug-likeness (QED) is 0.783. The molecule has 1 heterocycles. The van der Waals surface area contributed by atoms with Crippen LogP contribution < -0.4 is 5.73 Å². The van der Waals surface area contributed by atoms with Gasteiger partial charge in [0, 0.05) is 16.6 Å². The summed E-state index contributed by atoms with van der Waals surface area (Å²) in [6, 6.07) is 9.64. The number of rotatable bonds is 2. The average molecular weight is 215 g/mol. The van der Waals surface area contributed by atoms with Gasteiger partial charge in [0.25, 0.3) is 0 Å². The number of hydrogen-bond donors (Lipinski definition) is 1. The van der Waals surface area contributed by atoms with Gasteiger partial charge in [0.05, 0.1) is 18.2 Å². The highest BCUT2D eigenvalue weighted by molar-refractivity contribution is 7.10. The summed E-state index contributed by atoms with van der Waals surface area (Å²) >= 11 is 1.51. The van der Waals surface area contributed by atoms with Crippen LogP contribution in [-0.4, -0.2) is 4.98 Å². The predicted molar refractivity (Wildman–Crippen MR) is 61.3 cm³/mol. The zero-order valence-corrected chi connectivity index (χ0v) is 8.79. The first-order chi connectivity index (χ1) is 7.29. The van der Waals surface area contributed by atoms with Crippen molar-refractivity contribution in [2.24, 2.45) is 0 Å². The van der Waals surface area contributed by atoms with Crippen LogP contribution in [0.25, 0.3) is 11.3 Å². The third kappa shape index (κ3) is 2.14. The van der Waals surface area contributed by atoms with Crippen molar-refractivity contribution < 1.29 is 0 Å². The second kappa shape index (κ2) is 4.11. The first-order valence-corrected chi connectivity index (χ1v) is 5.35. The number of benzene rings is 1. The van der Waals surface area contributed by atoms with E-state index in [2.05, 4.69) is 11.1 Å². The molecule has 0 radical (unpaired) electrons. The molecule has 0 spiro atoms. The Kier molecular flexibility index (Phi) is 2.66. The van der Waals surface area contributed by atoms with E-state index in [4.69, 9.17) is 11.0 Å². The van der Waals surface area contributed by atoms with Crippen molar-refractivity contribution in [1.29, 1.82) is 5.26 Å². The number of nitrogen functional groups attached to an aromatic ring is 1. The summed E-state index contributed by atoms with van der Waals surface area (Å²) in [5.41, 5.74) is 8.28. The molecule has 0 saturated carbocycles. The Hall–Kier alpha value is -1.86. The third-order valence-electron chi connectivity index (χ3n) is 1.99. The smallest absolute Gasteiger partial charge is 0.107 e. The van der Waals surface area contributed by atoms with Crippen LogP contribution >= 0.6 is 11.3 Å². The Morgan fingerprint density at radius 2 is 2.07 bits per heavy atom. The van der Waals surface area contributed by atoms with E-state index < -0.39 is 0 Å². The maximum atomic E-state index is 8.54. The first-order valence-electron chi connectivity index (χ1n) is 4.47. The van der Waals surface area contributed by atoms with E-state index in [1.807, 2.05) is 29.6 Å². The normalized spacial score (nSPS) is 9.80. The number of nitriles is 1. The SMILES string of the molecule is N#CCc1nc(-c2ccc(N)cc2)cs1. The molecule has 0 unspecified atom stereocenters. The summed E-state index contributed by atoms with van der Waals surface area (Å²) in [5.74, 6) is 0. The molecule has 0 aliphatic rings. The molecule has 4 heteroatoms. The van der Waals surface area contributed by atoms with Gasteiger partial charge in [0.1, 0.15) is 5.01 Å². The Morgan fingerprint density at radius 3 is 2.73 bits per heavy atom. The molecule has 2 aromatic rings. The van der Waals surface area contributed by atoms with Gasteiger partial charge in [-0.3, -0.25) is 0 Å². The molecule has 2 rings (SSSR count). The van der Waals surface area contributed by atoms with Gasteiger partial charge in [-0.25, -0.2) is 4.98 Å². The fraction of sp³-hybridized carbons (Fsp3) is 0.0909. The Bertz CT molecular complexity index is 493. The van der Waals surface area contributed by atoms with Crippen LogP contribution in [0.4, 0.5) is 5.69 Å². The van der Waals surface area contributed by atoms with Gasteiger partial charge in [0.15, 0.2) is 0 Å². The molecule has 0 aliphatic carbocycles. The molecule has 2 N–H and O–H groups in total. The van der Waals surface area contributed by atoms with Crippen LogP contribution in [0, 0.1) is 11.3 Å². The highest BCUT2D eigenvalue weighted by Gasteiger charge is 2.03. The maximum absolute atomic E-state index is 8.54. The number of anilines is 1. The van der Waals surface area contributed by atoms with E-state index in [1.54, 1.807) is 0 Å². The molecular formula is C11H9N3S. The highest BCUT2D eigenvalue weighted by Crippen LogP contribution is 2.22. The lowest BCUT2D eigenvalue weighted by Crippen LogP contribution is -1.84. The lowest BCUT2D eigenvalue weighted by molar-refractivity contribution is 1.19. The van der Waals surface area contributed by atoms with Gasteiger partial charge in [0.2, 0.25) is 0 Å². The molecule has 15 heavy (non-hydrogen) atoms. The lowest BCUT2D eigenvalue weighted by atomic mass is 10.1. The van der Waals surface area contributed by atoms with Gasteiger partial charge in [-0.2, -0.15) is 5.26 Å². The number of aromatic nitrogens is 1. The van der Waals surface area contributed by atoms with Gasteiger partial charge in [-0.15, -0.1) is 11.3 Å². The van der Waals surface area contributed by atoms with Gasteiger partial charge < -0.3 is 5.73 Å². The molecular weight excluding hydrogens is 206 g/mol. The minimum atomic E-state index is 0.375. The second-order valence-corrected chi connectivity index (χ2v) is 4.03. The Balaban J connectivity index is 2.30. The van der Waals surface area contributed by atoms with Crippen molar-refractivity contribution in [3.63, 3.8) is 0 Å². The van der Waals surface area contributed by atoms with E-state index >= 15 is 0 Å². The summed E-state index contributed by atoms with van der Waals surface area (Å²) in [6.45, 7) is 0. The van der Waals surface area contributed by atoms with E-state index in [-0.39, 0.29) is 0 Å². The van der Waals surface area contributed by atoms with Gasteiger partial charge in [-0.05, 0) is 12.1 Å². The largest absolute Gasteiger partial charge is 0.399 e. The van der Waals surface area contributed by atoms with E-state index in [9.17, 15) is 0 Å². The molecule has 0 fully saturated rings. The fourth-order valence-corrected chi connectivity index (χ4v) is 1.98. The number of hydrogen-bond acceptors (Lipinski definition) is 4. The molecule has 0 atom stereocenters. The molecule has 0 aliphatic heterocycles. The van der Waals surface area contributed by atoms with Crippen LogP contribution in [0.2, 0.25) is 0 Å². The van der Waals surface area contributed by atoms with E-state index in [0.29, 0.717) is 6.42 Å². The summed E-state index contributed by atoms with van der Waals surface area (Å²) < 4.78 is 0. The minimum absolute atomic E-state index is 0.375. The second-order valence-electron chi connectivity index (χ2n) is 3.08. The maximum Gasteiger partial charge on any atom is 0.107 e. The zero-order valence-electron chi connectivity index (χ0n) is 7.97. The van der Waals surface area contributed by atoms with Gasteiger partial charge in [-0.1, -0.05) is 12.1 Å². The van der Waals surface area contributed by atoms with Crippen molar-refractivity contribution in [2.45, 2.75) is 6.42 Å². The van der Waals surface area contributed by atoms with E-state index in [0.717, 1.165) is 22.0 Å². The lowest BCUT2D eigenvalue weighted by Gasteiger charge is -1.96. The Labute approximate surface area is 91.8 Å². The van der Waals surface area contributed by atoms with Crippen LogP contribution in [0.15, 0.2) is 29.6 Å². The number of thiazole rings is 1. The zero-order chi connectivity index (χ0) is 10.7. The van der Waals surface area contributed by atoms with Gasteiger partial charge >= 0.3 is 0 Å². The van der Waals surface area contributed by atoms with Crippen molar-refractivity contribution in [3.8, 4) is 17.3 Å². The van der Waals surface area contributed by atoms with Crippen molar-refractivity contribution in [2.75, 3.05) is 5.73 Å². The summed E-state index contributed by atoms with van der Waals surface area (Å²) in [4.78, 5) is 4.36. The van der Waals surface area contributed by atoms with Crippen molar-refractivity contribution in [1.82, 2.24) is 4.98 Å². The molecule has 1 aromatic heterocycles. The number of nitrogens with two attached hydrogens (primary N) is 1. The minimum Gasteiger partial charge on any atom is -0.399 e. The third-order valence-corrected chi connectivity index (χ3v) is 2.84. The highest BCUT2D eigenvalue weighted by atomic mass is 32.1. The molecule has 3 nitrogen and oxygen atoms in total. The fourth-order valence-electron chi connectivity index (χ4n) is 1.25. The summed E-state index contributed by atoms with van der Waals surface area (Å²) in [5, 5.41) is 11.3. The van der Waals surface area contributed by atoms with E-state index in [1.165, 1.54) is 11.3 Å². The van der Waals surface area contributed by atoms with Crippen LogP contribution in [0.3, 0.4) is 0 Å². The topological polar surface area (TPSA) is 62.7 Å². The average Bonchev–Trinajstić information content (AvgIpc) is 2.68. The Morgan fingerprint density at radius 1 is 1.33 bits per heavy atom. The number of nitrogens with zero attached hydrogens (tertiary/aromatic N) is 2. The van der Waals surface area contributed by atoms with Crippen LogP contribution in [-0.2, 0) is 6.42 Å². The molecule has 1 aromatic carbocycles. The molecule has 0 bridgehead atoms. The van der Waals surface area contributed by atoms with Crippen LogP contribution in [0.1, 0.15) is 5.01 Å². The molecule has 0 saturated heterocycles. The van der Waals surface area contributed by atoms with Crippen LogP contribution in [0.5, 0.6) is 0 Å². The molecule has 74 valence electrons. The summed E-state index contributed by atoms with van der Waals surface area (Å²) in [7, 11) is 0. The first kappa shape index (κ1) is 9.69. The monoisotopic (exact) mass is 215 g/mol. The van der Waals surface area contributed by atoms with Crippen molar-refractivity contribution in [3.05, 3.63) is 34.7 Å². The summed E-state index contributed by atoms with van der Waals surface area (Å²) in [6.07, 6.45) is 0.375. The standard InChI is InChI=1S/C11H9N3S/c12-6-5-11-14-10(7-15-11)8-1-3-9(13)4-2-8/h1-4,7H,5,13H2. The predicted octanol–water partition coefficient (Wildman–Crippen LogP) is 2.46.